The standard InChI is InChI=1S/C16H25N3/c1-12(2)16(11-19(3)4)18-10-13-5-6-15-14(9-13)7-8-17-15/h5-9,12,16-18H,10-11H2,1-4H3. The van der Waals surface area contributed by atoms with E-state index < -0.39 is 0 Å². The summed E-state index contributed by atoms with van der Waals surface area (Å²) in [5, 5.41) is 4.96. The van der Waals surface area contributed by atoms with Gasteiger partial charge < -0.3 is 15.2 Å². The molecule has 2 aromatic rings. The van der Waals surface area contributed by atoms with Gasteiger partial charge in [-0.2, -0.15) is 0 Å². The van der Waals surface area contributed by atoms with Crippen LogP contribution >= 0.6 is 0 Å². The van der Waals surface area contributed by atoms with Gasteiger partial charge in [-0.3, -0.25) is 0 Å². The van der Waals surface area contributed by atoms with Crippen LogP contribution in [-0.4, -0.2) is 36.6 Å². The predicted octanol–water partition coefficient (Wildman–Crippen LogP) is 2.84. The third-order valence-corrected chi connectivity index (χ3v) is 3.55. The van der Waals surface area contributed by atoms with Crippen LogP contribution in [-0.2, 0) is 6.54 Å². The van der Waals surface area contributed by atoms with Crippen molar-refractivity contribution in [3.05, 3.63) is 36.0 Å². The number of H-pyrrole nitrogens is 1. The lowest BCUT2D eigenvalue weighted by molar-refractivity contribution is 0.288. The molecule has 2 N–H and O–H groups in total. The van der Waals surface area contributed by atoms with Crippen molar-refractivity contribution in [1.29, 1.82) is 0 Å². The fraction of sp³-hybridized carbons (Fsp3) is 0.500. The van der Waals surface area contributed by atoms with Crippen LogP contribution in [0, 0.1) is 5.92 Å². The molecule has 0 bridgehead atoms. The van der Waals surface area contributed by atoms with E-state index in [0.717, 1.165) is 13.1 Å². The van der Waals surface area contributed by atoms with Crippen molar-refractivity contribution in [1.82, 2.24) is 15.2 Å². The highest BCUT2D eigenvalue weighted by atomic mass is 15.1. The van der Waals surface area contributed by atoms with Gasteiger partial charge in [0.1, 0.15) is 0 Å². The first kappa shape index (κ1) is 14.1. The Morgan fingerprint density at radius 2 is 2.00 bits per heavy atom. The number of hydrogen-bond donors (Lipinski definition) is 2. The van der Waals surface area contributed by atoms with E-state index in [9.17, 15) is 0 Å². The summed E-state index contributed by atoms with van der Waals surface area (Å²) in [5.41, 5.74) is 2.55. The Morgan fingerprint density at radius 3 is 2.68 bits per heavy atom. The van der Waals surface area contributed by atoms with Gasteiger partial charge >= 0.3 is 0 Å². The molecule has 104 valence electrons. The molecule has 0 saturated heterocycles. The fourth-order valence-corrected chi connectivity index (χ4v) is 2.37. The van der Waals surface area contributed by atoms with Gasteiger partial charge in [0.25, 0.3) is 0 Å². The SMILES string of the molecule is CC(C)C(CN(C)C)NCc1ccc2[nH]ccc2c1. The van der Waals surface area contributed by atoms with Crippen LogP contribution in [0.4, 0.5) is 0 Å². The number of likely N-dealkylation sites (N-methyl/N-ethyl adjacent to an activating group) is 1. The average molecular weight is 259 g/mol. The van der Waals surface area contributed by atoms with Crippen molar-refractivity contribution in [2.75, 3.05) is 20.6 Å². The molecule has 1 aromatic heterocycles. The summed E-state index contributed by atoms with van der Waals surface area (Å²) in [5.74, 6) is 0.637. The number of aromatic amines is 1. The second-order valence-electron chi connectivity index (χ2n) is 5.89. The molecule has 1 aromatic carbocycles. The monoisotopic (exact) mass is 259 g/mol. The molecule has 3 heteroatoms. The normalized spacial score (nSPS) is 13.6. The maximum absolute atomic E-state index is 3.67. The van der Waals surface area contributed by atoms with Crippen LogP contribution in [0.25, 0.3) is 10.9 Å². The molecule has 3 nitrogen and oxygen atoms in total. The molecule has 1 atom stereocenters. The fourth-order valence-electron chi connectivity index (χ4n) is 2.37. The molecule has 0 aliphatic rings. The predicted molar refractivity (Wildman–Crippen MR) is 82.3 cm³/mol. The summed E-state index contributed by atoms with van der Waals surface area (Å²) in [6, 6.07) is 9.25. The van der Waals surface area contributed by atoms with E-state index in [-0.39, 0.29) is 0 Å². The van der Waals surface area contributed by atoms with Crippen molar-refractivity contribution in [2.24, 2.45) is 5.92 Å². The highest BCUT2D eigenvalue weighted by molar-refractivity contribution is 5.79. The van der Waals surface area contributed by atoms with Crippen LogP contribution in [0.1, 0.15) is 19.4 Å². The van der Waals surface area contributed by atoms with Crippen LogP contribution in [0.3, 0.4) is 0 Å². The number of benzene rings is 1. The Hall–Kier alpha value is -1.32. The number of fused-ring (bicyclic) bond motifs is 1. The molecule has 1 unspecified atom stereocenters. The molecule has 1 heterocycles. The molecule has 0 amide bonds. The van der Waals surface area contributed by atoms with Gasteiger partial charge in [-0.1, -0.05) is 19.9 Å². The zero-order valence-electron chi connectivity index (χ0n) is 12.4. The Labute approximate surface area is 116 Å². The largest absolute Gasteiger partial charge is 0.361 e. The Bertz CT molecular complexity index is 513. The van der Waals surface area contributed by atoms with Crippen molar-refractivity contribution in [3.8, 4) is 0 Å². The summed E-state index contributed by atoms with van der Waals surface area (Å²) in [4.78, 5) is 5.47. The molecule has 0 aliphatic heterocycles. The first-order valence-electron chi connectivity index (χ1n) is 7.00. The summed E-state index contributed by atoms with van der Waals surface area (Å²) in [6.45, 7) is 6.55. The molecule has 0 fully saturated rings. The Kier molecular flexibility index (Phi) is 4.61. The van der Waals surface area contributed by atoms with E-state index in [1.165, 1.54) is 16.5 Å². The van der Waals surface area contributed by atoms with Crippen LogP contribution in [0.2, 0.25) is 0 Å². The van der Waals surface area contributed by atoms with Crippen molar-refractivity contribution in [3.63, 3.8) is 0 Å². The second kappa shape index (κ2) is 6.22. The molecule has 19 heavy (non-hydrogen) atoms. The molecule has 2 rings (SSSR count). The Morgan fingerprint density at radius 1 is 1.21 bits per heavy atom. The van der Waals surface area contributed by atoms with Gasteiger partial charge in [-0.05, 0) is 49.2 Å². The van der Waals surface area contributed by atoms with E-state index >= 15 is 0 Å². The zero-order valence-corrected chi connectivity index (χ0v) is 12.4. The topological polar surface area (TPSA) is 31.1 Å². The number of aromatic nitrogens is 1. The maximum atomic E-state index is 3.67. The van der Waals surface area contributed by atoms with Crippen LogP contribution in [0.15, 0.2) is 30.5 Å². The quantitative estimate of drug-likeness (QED) is 0.836. The van der Waals surface area contributed by atoms with Crippen LogP contribution in [0.5, 0.6) is 0 Å². The minimum atomic E-state index is 0.525. The minimum Gasteiger partial charge on any atom is -0.361 e. The number of nitrogens with zero attached hydrogens (tertiary/aromatic N) is 1. The van der Waals surface area contributed by atoms with Gasteiger partial charge in [0.15, 0.2) is 0 Å². The number of rotatable bonds is 6. The van der Waals surface area contributed by atoms with E-state index in [4.69, 9.17) is 0 Å². The van der Waals surface area contributed by atoms with E-state index in [1.54, 1.807) is 0 Å². The highest BCUT2D eigenvalue weighted by Crippen LogP contribution is 2.14. The van der Waals surface area contributed by atoms with Gasteiger partial charge in [-0.25, -0.2) is 0 Å². The minimum absolute atomic E-state index is 0.525. The molecular weight excluding hydrogens is 234 g/mol. The smallest absolute Gasteiger partial charge is 0.0454 e. The van der Waals surface area contributed by atoms with Gasteiger partial charge in [0.2, 0.25) is 0 Å². The molecular formula is C16H25N3. The Balaban J connectivity index is 1.99. The van der Waals surface area contributed by atoms with Gasteiger partial charge in [0, 0.05) is 30.8 Å². The molecule has 0 aliphatic carbocycles. The van der Waals surface area contributed by atoms with Crippen molar-refractivity contribution < 1.29 is 0 Å². The molecule has 0 saturated carbocycles. The van der Waals surface area contributed by atoms with Crippen molar-refractivity contribution >= 4 is 10.9 Å². The van der Waals surface area contributed by atoms with Gasteiger partial charge in [0.05, 0.1) is 0 Å². The second-order valence-corrected chi connectivity index (χ2v) is 5.89. The third kappa shape index (κ3) is 3.82. The first-order valence-corrected chi connectivity index (χ1v) is 7.00. The van der Waals surface area contributed by atoms with E-state index in [1.807, 2.05) is 6.20 Å². The molecule has 0 radical (unpaired) electrons. The number of nitrogens with one attached hydrogen (secondary N) is 2. The summed E-state index contributed by atoms with van der Waals surface area (Å²) >= 11 is 0. The average Bonchev–Trinajstić information content (AvgIpc) is 2.80. The van der Waals surface area contributed by atoms with E-state index in [2.05, 4.69) is 67.4 Å². The highest BCUT2D eigenvalue weighted by Gasteiger charge is 2.13. The lowest BCUT2D eigenvalue weighted by atomic mass is 10.0. The third-order valence-electron chi connectivity index (χ3n) is 3.55. The summed E-state index contributed by atoms with van der Waals surface area (Å²) in [7, 11) is 4.26. The summed E-state index contributed by atoms with van der Waals surface area (Å²) < 4.78 is 0. The summed E-state index contributed by atoms with van der Waals surface area (Å²) in [6.07, 6.45) is 1.99. The zero-order chi connectivity index (χ0) is 13.8. The van der Waals surface area contributed by atoms with Crippen molar-refractivity contribution in [2.45, 2.75) is 26.4 Å². The lowest BCUT2D eigenvalue weighted by Gasteiger charge is -2.25. The molecule has 0 spiro atoms. The lowest BCUT2D eigenvalue weighted by Crippen LogP contribution is -2.41. The first-order chi connectivity index (χ1) is 9.06. The van der Waals surface area contributed by atoms with Gasteiger partial charge in [-0.15, -0.1) is 0 Å². The number of hydrogen-bond acceptors (Lipinski definition) is 2. The van der Waals surface area contributed by atoms with E-state index in [0.29, 0.717) is 12.0 Å². The van der Waals surface area contributed by atoms with Crippen LogP contribution < -0.4 is 5.32 Å². The maximum Gasteiger partial charge on any atom is 0.0454 e.